The van der Waals surface area contributed by atoms with Crippen LogP contribution in [0.1, 0.15) is 20.7 Å². The Balaban J connectivity index is 1.45. The van der Waals surface area contributed by atoms with E-state index in [2.05, 4.69) is 4.98 Å². The lowest BCUT2D eigenvalue weighted by atomic mass is 10.1. The monoisotopic (exact) mass is 364 g/mol. The predicted octanol–water partition coefficient (Wildman–Crippen LogP) is 3.08. The lowest BCUT2D eigenvalue weighted by Gasteiger charge is -2.12. The maximum absolute atomic E-state index is 12.2. The standard InChI is InChI=1S/C19H12N2O4S/c22-16(11-26-17-13-6-2-1-5-12(13)9-10-20-17)25-21-18(23)14-7-3-4-8-15(14)19(21)24/h1-10H,11H2. The number of rotatable bonds is 4. The number of carbonyl (C=O) groups excluding carboxylic acids is 3. The Kier molecular flexibility index (Phi) is 4.14. The molecular formula is C19H12N2O4S. The first-order chi connectivity index (χ1) is 12.6. The number of amides is 2. The van der Waals surface area contributed by atoms with E-state index in [0.717, 1.165) is 10.8 Å². The Morgan fingerprint density at radius 2 is 1.62 bits per heavy atom. The van der Waals surface area contributed by atoms with Gasteiger partial charge in [-0.25, -0.2) is 9.78 Å². The first-order valence-electron chi connectivity index (χ1n) is 7.80. The Bertz CT molecular complexity index is 1010. The van der Waals surface area contributed by atoms with Crippen molar-refractivity contribution in [3.8, 4) is 0 Å². The van der Waals surface area contributed by atoms with Crippen molar-refractivity contribution in [1.29, 1.82) is 0 Å². The number of fused-ring (bicyclic) bond motifs is 2. The third-order valence-electron chi connectivity index (χ3n) is 3.91. The van der Waals surface area contributed by atoms with Gasteiger partial charge in [-0.15, -0.1) is 0 Å². The molecule has 2 amide bonds. The van der Waals surface area contributed by atoms with Crippen molar-refractivity contribution in [3.63, 3.8) is 0 Å². The van der Waals surface area contributed by atoms with Crippen LogP contribution in [-0.2, 0) is 9.63 Å². The van der Waals surface area contributed by atoms with Crippen molar-refractivity contribution < 1.29 is 19.2 Å². The van der Waals surface area contributed by atoms with Crippen LogP contribution in [0, 0.1) is 0 Å². The lowest BCUT2D eigenvalue weighted by molar-refractivity contribution is -0.165. The number of nitrogens with zero attached hydrogens (tertiary/aromatic N) is 2. The quantitative estimate of drug-likeness (QED) is 0.523. The summed E-state index contributed by atoms with van der Waals surface area (Å²) < 4.78 is 0. The molecule has 0 saturated heterocycles. The van der Waals surface area contributed by atoms with Crippen LogP contribution in [0.3, 0.4) is 0 Å². The van der Waals surface area contributed by atoms with E-state index in [1.807, 2.05) is 30.3 Å². The molecule has 3 aromatic rings. The number of pyridine rings is 1. The van der Waals surface area contributed by atoms with Gasteiger partial charge in [-0.2, -0.15) is 0 Å². The second-order valence-electron chi connectivity index (χ2n) is 5.54. The molecule has 6 nitrogen and oxygen atoms in total. The van der Waals surface area contributed by atoms with E-state index in [1.165, 1.54) is 23.9 Å². The maximum atomic E-state index is 12.2. The molecule has 0 saturated carbocycles. The summed E-state index contributed by atoms with van der Waals surface area (Å²) >= 11 is 1.19. The van der Waals surface area contributed by atoms with Gasteiger partial charge < -0.3 is 4.84 Å². The molecule has 0 atom stereocenters. The zero-order chi connectivity index (χ0) is 18.1. The molecule has 26 heavy (non-hydrogen) atoms. The van der Waals surface area contributed by atoms with Crippen LogP contribution in [0.25, 0.3) is 10.8 Å². The summed E-state index contributed by atoms with van der Waals surface area (Å²) in [5, 5.41) is 3.14. The van der Waals surface area contributed by atoms with E-state index < -0.39 is 17.8 Å². The van der Waals surface area contributed by atoms with Crippen molar-refractivity contribution in [2.45, 2.75) is 5.03 Å². The summed E-state index contributed by atoms with van der Waals surface area (Å²) in [5.74, 6) is -2.03. The molecular weight excluding hydrogens is 352 g/mol. The van der Waals surface area contributed by atoms with Gasteiger partial charge >= 0.3 is 5.97 Å². The first kappa shape index (κ1) is 16.3. The van der Waals surface area contributed by atoms with E-state index in [4.69, 9.17) is 4.84 Å². The lowest BCUT2D eigenvalue weighted by Crippen LogP contribution is -2.33. The van der Waals surface area contributed by atoms with Gasteiger partial charge in [-0.3, -0.25) is 9.59 Å². The minimum absolute atomic E-state index is 0.0750. The molecule has 2 aromatic carbocycles. The fraction of sp³-hybridized carbons (Fsp3) is 0.0526. The third-order valence-corrected chi connectivity index (χ3v) is 4.89. The molecule has 1 aliphatic heterocycles. The molecule has 1 aromatic heterocycles. The Morgan fingerprint density at radius 3 is 2.35 bits per heavy atom. The van der Waals surface area contributed by atoms with E-state index in [9.17, 15) is 14.4 Å². The summed E-state index contributed by atoms with van der Waals surface area (Å²) in [4.78, 5) is 45.8. The van der Waals surface area contributed by atoms with Crippen LogP contribution in [0.2, 0.25) is 0 Å². The second kappa shape index (κ2) is 6.61. The highest BCUT2D eigenvalue weighted by Crippen LogP contribution is 2.26. The predicted molar refractivity (Wildman–Crippen MR) is 95.5 cm³/mol. The minimum Gasteiger partial charge on any atom is -0.329 e. The topological polar surface area (TPSA) is 76.6 Å². The average molecular weight is 364 g/mol. The van der Waals surface area contributed by atoms with Gasteiger partial charge in [-0.1, -0.05) is 53.2 Å². The molecule has 0 radical (unpaired) electrons. The van der Waals surface area contributed by atoms with Gasteiger partial charge in [-0.05, 0) is 23.6 Å². The number of hydroxylamine groups is 2. The highest BCUT2D eigenvalue weighted by atomic mass is 32.2. The zero-order valence-electron chi connectivity index (χ0n) is 13.4. The SMILES string of the molecule is O=C(CSc1nccc2ccccc12)ON1C(=O)c2ccccc2C1=O. The van der Waals surface area contributed by atoms with Gasteiger partial charge in [0.1, 0.15) is 10.8 Å². The number of thioether (sulfide) groups is 1. The number of carbonyl (C=O) groups is 3. The smallest absolute Gasteiger partial charge is 0.329 e. The fourth-order valence-electron chi connectivity index (χ4n) is 2.71. The van der Waals surface area contributed by atoms with Gasteiger partial charge in [0, 0.05) is 11.6 Å². The highest BCUT2D eigenvalue weighted by Gasteiger charge is 2.38. The summed E-state index contributed by atoms with van der Waals surface area (Å²) in [6.07, 6.45) is 1.67. The minimum atomic E-state index is -0.695. The molecule has 0 aliphatic carbocycles. The molecule has 2 heterocycles. The van der Waals surface area contributed by atoms with Crippen LogP contribution in [-0.4, -0.2) is 33.6 Å². The fourth-order valence-corrected chi connectivity index (χ4v) is 3.50. The molecule has 0 bridgehead atoms. The Labute approximate surface area is 152 Å². The number of hydrogen-bond donors (Lipinski definition) is 0. The van der Waals surface area contributed by atoms with Crippen LogP contribution in [0.4, 0.5) is 0 Å². The van der Waals surface area contributed by atoms with Gasteiger partial charge in [0.2, 0.25) is 0 Å². The van der Waals surface area contributed by atoms with E-state index in [0.29, 0.717) is 10.1 Å². The second-order valence-corrected chi connectivity index (χ2v) is 6.50. The van der Waals surface area contributed by atoms with Crippen molar-refractivity contribution in [3.05, 3.63) is 71.9 Å². The zero-order valence-corrected chi connectivity index (χ0v) is 14.2. The van der Waals surface area contributed by atoms with Crippen LogP contribution < -0.4 is 0 Å². The summed E-state index contributed by atoms with van der Waals surface area (Å²) in [6, 6.07) is 15.9. The molecule has 7 heteroatoms. The van der Waals surface area contributed by atoms with E-state index >= 15 is 0 Å². The van der Waals surface area contributed by atoms with Crippen molar-refractivity contribution in [1.82, 2.24) is 10.0 Å². The number of imide groups is 1. The van der Waals surface area contributed by atoms with Crippen LogP contribution in [0.5, 0.6) is 0 Å². The Morgan fingerprint density at radius 1 is 0.962 bits per heavy atom. The molecule has 4 rings (SSSR count). The largest absolute Gasteiger partial charge is 0.343 e. The highest BCUT2D eigenvalue weighted by molar-refractivity contribution is 8.00. The van der Waals surface area contributed by atoms with Crippen LogP contribution >= 0.6 is 11.8 Å². The summed E-state index contributed by atoms with van der Waals surface area (Å²) in [6.45, 7) is 0. The van der Waals surface area contributed by atoms with Crippen molar-refractivity contribution in [2.75, 3.05) is 5.75 Å². The molecule has 1 aliphatic rings. The summed E-state index contributed by atoms with van der Waals surface area (Å²) in [7, 11) is 0. The van der Waals surface area contributed by atoms with E-state index in [1.54, 1.807) is 18.3 Å². The number of aromatic nitrogens is 1. The van der Waals surface area contributed by atoms with E-state index in [-0.39, 0.29) is 16.9 Å². The van der Waals surface area contributed by atoms with Gasteiger partial charge in [0.15, 0.2) is 0 Å². The van der Waals surface area contributed by atoms with Gasteiger partial charge in [0.25, 0.3) is 11.8 Å². The molecule has 0 spiro atoms. The molecule has 128 valence electrons. The molecule has 0 fully saturated rings. The van der Waals surface area contributed by atoms with Gasteiger partial charge in [0.05, 0.1) is 11.1 Å². The summed E-state index contributed by atoms with van der Waals surface area (Å²) in [5.41, 5.74) is 0.461. The van der Waals surface area contributed by atoms with Crippen molar-refractivity contribution >= 4 is 40.3 Å². The average Bonchev–Trinajstić information content (AvgIpc) is 2.91. The maximum Gasteiger partial charge on any atom is 0.343 e. The first-order valence-corrected chi connectivity index (χ1v) is 8.79. The molecule has 0 unspecified atom stereocenters. The van der Waals surface area contributed by atoms with Crippen molar-refractivity contribution in [2.24, 2.45) is 0 Å². The number of benzene rings is 2. The Hall–Kier alpha value is -3.19. The normalized spacial score (nSPS) is 13.2. The van der Waals surface area contributed by atoms with Crippen LogP contribution in [0.15, 0.2) is 65.8 Å². The number of hydrogen-bond acceptors (Lipinski definition) is 6. The third kappa shape index (κ3) is 2.82. The molecule has 0 N–H and O–H groups in total.